The smallest absolute Gasteiger partial charge is 0.334 e. The van der Waals surface area contributed by atoms with Crippen LogP contribution in [0.2, 0.25) is 0 Å². The van der Waals surface area contributed by atoms with Gasteiger partial charge in [-0.25, -0.2) is 8.42 Å². The third kappa shape index (κ3) is 2.48. The zero-order valence-electron chi connectivity index (χ0n) is 11.4. The second-order valence-electron chi connectivity index (χ2n) is 4.55. The predicted molar refractivity (Wildman–Crippen MR) is 81.7 cm³/mol. The maximum absolute atomic E-state index is 12.2. The molecule has 0 fully saturated rings. The Kier molecular flexibility index (Phi) is 3.93. The lowest BCUT2D eigenvalue weighted by molar-refractivity contribution is 0.576. The molecule has 0 spiro atoms. The van der Waals surface area contributed by atoms with Crippen LogP contribution >= 0.6 is 0 Å². The summed E-state index contributed by atoms with van der Waals surface area (Å²) in [5.74, 6) is 4.83. The largest absolute Gasteiger partial charge is 0.377 e. The normalized spacial score (nSPS) is 12.5. The van der Waals surface area contributed by atoms with Gasteiger partial charge in [-0.1, -0.05) is 24.3 Å². The molecule has 0 radical (unpaired) electrons. The van der Waals surface area contributed by atoms with Crippen molar-refractivity contribution >= 4 is 34.4 Å². The lowest BCUT2D eigenvalue weighted by atomic mass is 10.1. The van der Waals surface area contributed by atoms with E-state index in [4.69, 9.17) is 5.84 Å². The van der Waals surface area contributed by atoms with Gasteiger partial charge in [0.15, 0.2) is 0 Å². The number of nitrogens with one attached hydrogen (secondary N) is 1. The lowest BCUT2D eigenvalue weighted by Crippen LogP contribution is -2.36. The van der Waals surface area contributed by atoms with Gasteiger partial charge in [0.1, 0.15) is 0 Å². The second-order valence-corrected chi connectivity index (χ2v) is 9.67. The maximum atomic E-state index is 12.2. The van der Waals surface area contributed by atoms with Crippen molar-refractivity contribution in [2.75, 3.05) is 19.0 Å². The molecule has 0 unspecified atom stereocenters. The summed E-state index contributed by atoms with van der Waals surface area (Å²) in [6, 6.07) is 9.50. The van der Waals surface area contributed by atoms with Gasteiger partial charge in [0.2, 0.25) is 0 Å². The van der Waals surface area contributed by atoms with Gasteiger partial charge in [0.05, 0.1) is 4.90 Å². The quantitative estimate of drug-likeness (QED) is 0.477. The maximum Gasteiger partial charge on any atom is 0.334 e. The third-order valence-corrected chi connectivity index (χ3v) is 7.36. The number of benzene rings is 2. The van der Waals surface area contributed by atoms with Gasteiger partial charge in [-0.15, -0.1) is 4.83 Å². The summed E-state index contributed by atoms with van der Waals surface area (Å²) in [7, 11) is -5.70. The van der Waals surface area contributed by atoms with Crippen LogP contribution < -0.4 is 15.6 Å². The van der Waals surface area contributed by atoms with Crippen molar-refractivity contribution in [3.05, 3.63) is 36.4 Å². The Morgan fingerprint density at radius 2 is 1.52 bits per heavy atom. The van der Waals surface area contributed by atoms with Gasteiger partial charge >= 0.3 is 9.06 Å². The Balaban J connectivity index is 2.88. The molecule has 0 atom stereocenters. The van der Waals surface area contributed by atoms with Crippen molar-refractivity contribution in [1.29, 1.82) is 0 Å². The fourth-order valence-electron chi connectivity index (χ4n) is 2.05. The van der Waals surface area contributed by atoms with Crippen LogP contribution in [-0.2, 0) is 17.9 Å². The van der Waals surface area contributed by atoms with E-state index in [0.717, 1.165) is 5.69 Å². The first-order valence-electron chi connectivity index (χ1n) is 5.89. The third-order valence-electron chi connectivity index (χ3n) is 3.04. The van der Waals surface area contributed by atoms with Crippen molar-refractivity contribution in [1.82, 2.24) is 4.83 Å². The topological polar surface area (TPSA) is 110 Å². The number of fused-ring (bicyclic) bond motifs is 1. The summed E-state index contributed by atoms with van der Waals surface area (Å²) >= 11 is 0. The first kappa shape index (κ1) is 15.7. The van der Waals surface area contributed by atoms with Gasteiger partial charge in [-0.05, 0) is 12.1 Å². The molecule has 0 saturated carbocycles. The summed E-state index contributed by atoms with van der Waals surface area (Å²) in [5.41, 5.74) is 0.780. The molecule has 114 valence electrons. The molecule has 0 aliphatic carbocycles. The van der Waals surface area contributed by atoms with Crippen LogP contribution in [-0.4, -0.2) is 30.9 Å². The molecule has 9 heteroatoms. The highest BCUT2D eigenvalue weighted by Crippen LogP contribution is 2.31. The molecule has 3 N–H and O–H groups in total. The summed E-state index contributed by atoms with van der Waals surface area (Å²) in [4.78, 5) is 2.87. The molecule has 0 heterocycles. The van der Waals surface area contributed by atoms with E-state index in [-0.39, 0.29) is 4.90 Å². The molecule has 0 amide bonds. The predicted octanol–water partition coefficient (Wildman–Crippen LogP) is 0.388. The van der Waals surface area contributed by atoms with Crippen molar-refractivity contribution in [2.24, 2.45) is 5.84 Å². The SMILES string of the molecule is CN(C)c1cccc2c(S(=O)(=O)S(=O)(=O)NN)cccc12. The molecule has 0 bridgehead atoms. The summed E-state index contributed by atoms with van der Waals surface area (Å²) in [6.45, 7) is 0. The minimum absolute atomic E-state index is 0.304. The first-order chi connectivity index (χ1) is 9.72. The van der Waals surface area contributed by atoms with Crippen molar-refractivity contribution in [3.63, 3.8) is 0 Å². The summed E-state index contributed by atoms with van der Waals surface area (Å²) in [5, 5.41) is 0.957. The van der Waals surface area contributed by atoms with Crippen molar-refractivity contribution < 1.29 is 16.8 Å². The second kappa shape index (κ2) is 5.26. The molecule has 0 aliphatic rings. The van der Waals surface area contributed by atoms with Gasteiger partial charge in [-0.2, -0.15) is 8.42 Å². The Bertz CT molecular complexity index is 890. The van der Waals surface area contributed by atoms with E-state index in [1.165, 1.54) is 17.0 Å². The highest BCUT2D eigenvalue weighted by atomic mass is 33.2. The van der Waals surface area contributed by atoms with E-state index in [0.29, 0.717) is 10.8 Å². The molecular weight excluding hydrogens is 314 g/mol. The Morgan fingerprint density at radius 1 is 0.952 bits per heavy atom. The summed E-state index contributed by atoms with van der Waals surface area (Å²) < 4.78 is 47.8. The number of nitrogens with two attached hydrogens (primary N) is 1. The number of nitrogens with zero attached hydrogens (tertiary/aromatic N) is 1. The number of hydrogen-bond donors (Lipinski definition) is 2. The highest BCUT2D eigenvalue weighted by Gasteiger charge is 2.32. The number of hydrogen-bond acceptors (Lipinski definition) is 6. The number of rotatable bonds is 4. The van der Waals surface area contributed by atoms with Crippen LogP contribution in [0.1, 0.15) is 0 Å². The minimum Gasteiger partial charge on any atom is -0.377 e. The standard InChI is InChI=1S/C12H15N3O4S2/c1-15(2)11-7-3-6-10-9(11)5-4-8-12(10)20(16,17)21(18,19)14-13/h3-8,14H,13H2,1-2H3. The van der Waals surface area contributed by atoms with Crippen LogP contribution in [0.5, 0.6) is 0 Å². The molecule has 0 saturated heterocycles. The van der Waals surface area contributed by atoms with Gasteiger partial charge in [-0.3, -0.25) is 5.84 Å². The molecule has 2 rings (SSSR count). The molecule has 7 nitrogen and oxygen atoms in total. The average Bonchev–Trinajstić information content (AvgIpc) is 2.45. The van der Waals surface area contributed by atoms with Crippen LogP contribution in [0.15, 0.2) is 41.3 Å². The zero-order chi connectivity index (χ0) is 15.8. The zero-order valence-corrected chi connectivity index (χ0v) is 13.1. The van der Waals surface area contributed by atoms with Crippen LogP contribution in [0.3, 0.4) is 0 Å². The number of anilines is 1. The average molecular weight is 329 g/mol. The van der Waals surface area contributed by atoms with E-state index in [1.807, 2.05) is 25.1 Å². The van der Waals surface area contributed by atoms with Crippen LogP contribution in [0.25, 0.3) is 10.8 Å². The Hall–Kier alpha value is -1.68. The fourth-order valence-corrected chi connectivity index (χ4v) is 4.63. The van der Waals surface area contributed by atoms with E-state index < -0.39 is 17.9 Å². The van der Waals surface area contributed by atoms with Crippen LogP contribution in [0.4, 0.5) is 5.69 Å². The molecule has 2 aromatic carbocycles. The highest BCUT2D eigenvalue weighted by molar-refractivity contribution is 8.66. The number of hydrazine groups is 1. The monoisotopic (exact) mass is 329 g/mol. The van der Waals surface area contributed by atoms with Gasteiger partial charge in [0.25, 0.3) is 8.87 Å². The Labute approximate surface area is 122 Å². The van der Waals surface area contributed by atoms with Gasteiger partial charge in [0, 0.05) is 30.6 Å². The van der Waals surface area contributed by atoms with Crippen molar-refractivity contribution in [3.8, 4) is 0 Å². The first-order valence-corrected chi connectivity index (χ1v) is 9.37. The molecule has 2 aromatic rings. The van der Waals surface area contributed by atoms with E-state index in [9.17, 15) is 16.8 Å². The molecular formula is C12H15N3O4S2. The lowest BCUT2D eigenvalue weighted by Gasteiger charge is -2.16. The van der Waals surface area contributed by atoms with Crippen molar-refractivity contribution in [2.45, 2.75) is 4.90 Å². The minimum atomic E-state index is -4.69. The van der Waals surface area contributed by atoms with E-state index in [1.54, 1.807) is 18.2 Å². The molecule has 0 aliphatic heterocycles. The molecule has 21 heavy (non-hydrogen) atoms. The Morgan fingerprint density at radius 3 is 2.10 bits per heavy atom. The summed E-state index contributed by atoms with van der Waals surface area (Å²) in [6.07, 6.45) is 0. The van der Waals surface area contributed by atoms with E-state index >= 15 is 0 Å². The van der Waals surface area contributed by atoms with Crippen LogP contribution in [0, 0.1) is 0 Å². The van der Waals surface area contributed by atoms with Gasteiger partial charge < -0.3 is 4.90 Å². The molecule has 0 aromatic heterocycles. The fraction of sp³-hybridized carbons (Fsp3) is 0.167. The van der Waals surface area contributed by atoms with E-state index in [2.05, 4.69) is 0 Å².